The van der Waals surface area contributed by atoms with Crippen LogP contribution in [0.1, 0.15) is 45.6 Å². The van der Waals surface area contributed by atoms with Crippen molar-refractivity contribution >= 4 is 0 Å². The van der Waals surface area contributed by atoms with Crippen molar-refractivity contribution in [2.75, 3.05) is 6.61 Å². The molecular formula is C16H21FO. The molecule has 1 rings (SSSR count). The third-order valence-corrected chi connectivity index (χ3v) is 3.05. The first kappa shape index (κ1) is 14.6. The third kappa shape index (κ3) is 3.77. The maximum Gasteiger partial charge on any atom is 0.123 e. The van der Waals surface area contributed by atoms with Gasteiger partial charge < -0.3 is 4.74 Å². The van der Waals surface area contributed by atoms with Gasteiger partial charge >= 0.3 is 0 Å². The molecule has 1 nitrogen and oxygen atoms in total. The zero-order valence-corrected chi connectivity index (χ0v) is 11.6. The summed E-state index contributed by atoms with van der Waals surface area (Å²) in [5.41, 5.74) is 0.902. The van der Waals surface area contributed by atoms with Crippen molar-refractivity contribution in [3.63, 3.8) is 0 Å². The minimum atomic E-state index is -0.225. The first-order chi connectivity index (χ1) is 8.60. The first-order valence-electron chi connectivity index (χ1n) is 6.44. The van der Waals surface area contributed by atoms with Crippen molar-refractivity contribution in [3.8, 4) is 17.6 Å². The van der Waals surface area contributed by atoms with Crippen molar-refractivity contribution in [1.29, 1.82) is 0 Å². The van der Waals surface area contributed by atoms with E-state index in [4.69, 9.17) is 4.74 Å². The largest absolute Gasteiger partial charge is 0.493 e. The summed E-state index contributed by atoms with van der Waals surface area (Å²) in [6.45, 7) is 8.64. The highest BCUT2D eigenvalue weighted by molar-refractivity contribution is 5.37. The van der Waals surface area contributed by atoms with E-state index < -0.39 is 0 Å². The molecule has 0 aliphatic heterocycles. The van der Waals surface area contributed by atoms with Crippen LogP contribution in [0.15, 0.2) is 18.2 Å². The number of hydrogen-bond acceptors (Lipinski definition) is 1. The molecule has 0 aliphatic carbocycles. The van der Waals surface area contributed by atoms with Crippen LogP contribution in [0, 0.1) is 23.6 Å². The SMILES string of the molecule is CC#CC(C)C(C)c1cc(F)ccc1OCCC. The smallest absolute Gasteiger partial charge is 0.123 e. The van der Waals surface area contributed by atoms with E-state index in [1.165, 1.54) is 6.07 Å². The van der Waals surface area contributed by atoms with E-state index in [-0.39, 0.29) is 17.7 Å². The summed E-state index contributed by atoms with van der Waals surface area (Å²) < 4.78 is 19.1. The molecule has 2 heteroatoms. The molecule has 2 atom stereocenters. The molecule has 18 heavy (non-hydrogen) atoms. The minimum absolute atomic E-state index is 0.153. The van der Waals surface area contributed by atoms with Crippen LogP contribution in [-0.2, 0) is 0 Å². The topological polar surface area (TPSA) is 9.23 Å². The Hall–Kier alpha value is -1.49. The molecule has 0 saturated heterocycles. The van der Waals surface area contributed by atoms with E-state index in [2.05, 4.69) is 32.6 Å². The molecule has 0 spiro atoms. The van der Waals surface area contributed by atoms with Gasteiger partial charge in [0.2, 0.25) is 0 Å². The van der Waals surface area contributed by atoms with Crippen molar-refractivity contribution in [1.82, 2.24) is 0 Å². The lowest BCUT2D eigenvalue weighted by Gasteiger charge is -2.19. The molecule has 0 bridgehead atoms. The van der Waals surface area contributed by atoms with Crippen LogP contribution in [-0.4, -0.2) is 6.61 Å². The van der Waals surface area contributed by atoms with Crippen LogP contribution < -0.4 is 4.74 Å². The highest BCUT2D eigenvalue weighted by Gasteiger charge is 2.17. The Kier molecular flexibility index (Phi) is 5.71. The predicted octanol–water partition coefficient (Wildman–Crippen LogP) is 4.38. The number of rotatable bonds is 5. The van der Waals surface area contributed by atoms with Crippen molar-refractivity contribution < 1.29 is 9.13 Å². The van der Waals surface area contributed by atoms with Gasteiger partial charge in [-0.1, -0.05) is 26.7 Å². The molecule has 0 aromatic heterocycles. The van der Waals surface area contributed by atoms with E-state index in [0.717, 1.165) is 17.7 Å². The molecule has 0 aliphatic rings. The van der Waals surface area contributed by atoms with Gasteiger partial charge in [0.05, 0.1) is 6.61 Å². The summed E-state index contributed by atoms with van der Waals surface area (Å²) in [4.78, 5) is 0. The standard InChI is InChI=1S/C16H21FO/c1-5-7-12(3)13(4)15-11-14(17)8-9-16(15)18-10-6-2/h8-9,11-13H,6,10H2,1-4H3. The summed E-state index contributed by atoms with van der Waals surface area (Å²) in [6, 6.07) is 4.71. The zero-order valence-electron chi connectivity index (χ0n) is 11.6. The molecule has 1 aromatic rings. The summed E-state index contributed by atoms with van der Waals surface area (Å²) in [5.74, 6) is 6.91. The monoisotopic (exact) mass is 248 g/mol. The fraction of sp³-hybridized carbons (Fsp3) is 0.500. The maximum atomic E-state index is 13.4. The average molecular weight is 248 g/mol. The molecule has 0 heterocycles. The van der Waals surface area contributed by atoms with Crippen LogP contribution in [0.4, 0.5) is 4.39 Å². The summed E-state index contributed by atoms with van der Waals surface area (Å²) in [6.07, 6.45) is 0.940. The quantitative estimate of drug-likeness (QED) is 0.703. The summed E-state index contributed by atoms with van der Waals surface area (Å²) >= 11 is 0. The summed E-state index contributed by atoms with van der Waals surface area (Å²) in [7, 11) is 0. The lowest BCUT2D eigenvalue weighted by molar-refractivity contribution is 0.310. The molecule has 2 unspecified atom stereocenters. The molecule has 1 aromatic carbocycles. The molecule has 0 saturated carbocycles. The van der Waals surface area contributed by atoms with E-state index in [1.807, 2.05) is 6.92 Å². The first-order valence-corrected chi connectivity index (χ1v) is 6.44. The molecule has 0 fully saturated rings. The van der Waals surface area contributed by atoms with Crippen molar-refractivity contribution in [2.45, 2.75) is 40.0 Å². The second kappa shape index (κ2) is 7.06. The van der Waals surface area contributed by atoms with E-state index >= 15 is 0 Å². The van der Waals surface area contributed by atoms with Crippen LogP contribution in [0.25, 0.3) is 0 Å². The second-order valence-corrected chi connectivity index (χ2v) is 4.50. The lowest BCUT2D eigenvalue weighted by atomic mass is 9.88. The highest BCUT2D eigenvalue weighted by atomic mass is 19.1. The van der Waals surface area contributed by atoms with Crippen LogP contribution in [0.5, 0.6) is 5.75 Å². The van der Waals surface area contributed by atoms with Gasteiger partial charge in [-0.25, -0.2) is 4.39 Å². The molecular weight excluding hydrogens is 227 g/mol. The molecule has 0 radical (unpaired) electrons. The number of hydrogen-bond donors (Lipinski definition) is 0. The predicted molar refractivity (Wildman–Crippen MR) is 73.2 cm³/mol. The Labute approximate surface area is 109 Å². The fourth-order valence-electron chi connectivity index (χ4n) is 1.84. The molecule has 0 amide bonds. The van der Waals surface area contributed by atoms with Gasteiger partial charge in [-0.15, -0.1) is 5.92 Å². The Morgan fingerprint density at radius 1 is 1.33 bits per heavy atom. The normalized spacial score (nSPS) is 13.4. The Morgan fingerprint density at radius 3 is 2.67 bits per heavy atom. The fourth-order valence-corrected chi connectivity index (χ4v) is 1.84. The van der Waals surface area contributed by atoms with Crippen molar-refractivity contribution in [2.24, 2.45) is 5.92 Å². The van der Waals surface area contributed by atoms with Crippen LogP contribution in [0.2, 0.25) is 0 Å². The van der Waals surface area contributed by atoms with Gasteiger partial charge in [0, 0.05) is 11.5 Å². The van der Waals surface area contributed by atoms with E-state index in [0.29, 0.717) is 6.61 Å². The Morgan fingerprint density at radius 2 is 2.06 bits per heavy atom. The Bertz CT molecular complexity index is 442. The van der Waals surface area contributed by atoms with E-state index in [1.54, 1.807) is 12.1 Å². The Balaban J connectivity index is 3.02. The van der Waals surface area contributed by atoms with Crippen molar-refractivity contribution in [3.05, 3.63) is 29.6 Å². The number of benzene rings is 1. The molecule has 0 N–H and O–H groups in total. The number of ether oxygens (including phenoxy) is 1. The van der Waals surface area contributed by atoms with E-state index in [9.17, 15) is 4.39 Å². The third-order valence-electron chi connectivity index (χ3n) is 3.05. The van der Waals surface area contributed by atoms with Gasteiger partial charge in [0.25, 0.3) is 0 Å². The minimum Gasteiger partial charge on any atom is -0.493 e. The van der Waals surface area contributed by atoms with Gasteiger partial charge in [0.15, 0.2) is 0 Å². The molecule has 98 valence electrons. The number of halogens is 1. The van der Waals surface area contributed by atoms with Gasteiger partial charge in [0.1, 0.15) is 11.6 Å². The summed E-state index contributed by atoms with van der Waals surface area (Å²) in [5, 5.41) is 0. The van der Waals surface area contributed by atoms with Gasteiger partial charge in [-0.3, -0.25) is 0 Å². The van der Waals surface area contributed by atoms with Gasteiger partial charge in [-0.05, 0) is 37.5 Å². The maximum absolute atomic E-state index is 13.4. The van der Waals surface area contributed by atoms with Crippen LogP contribution >= 0.6 is 0 Å². The average Bonchev–Trinajstić information content (AvgIpc) is 2.36. The lowest BCUT2D eigenvalue weighted by Crippen LogP contribution is -2.08. The second-order valence-electron chi connectivity index (χ2n) is 4.50. The van der Waals surface area contributed by atoms with Gasteiger partial charge in [-0.2, -0.15) is 0 Å². The van der Waals surface area contributed by atoms with Crippen LogP contribution in [0.3, 0.4) is 0 Å². The highest BCUT2D eigenvalue weighted by Crippen LogP contribution is 2.32. The zero-order chi connectivity index (χ0) is 13.5.